The highest BCUT2D eigenvalue weighted by atomic mass is 16.5. The maximum atomic E-state index is 12.1. The fourth-order valence-electron chi connectivity index (χ4n) is 2.55. The lowest BCUT2D eigenvalue weighted by Gasteiger charge is -2.31. The molecule has 1 aromatic rings. The fraction of sp³-hybridized carbons (Fsp3) is 0.438. The topological polar surface area (TPSA) is 98.9 Å². The van der Waals surface area contributed by atoms with Crippen LogP contribution in [0.15, 0.2) is 24.3 Å². The Balaban J connectivity index is 1.91. The Morgan fingerprint density at radius 1 is 1.30 bits per heavy atom. The van der Waals surface area contributed by atoms with E-state index >= 15 is 0 Å². The molecule has 2 rings (SSSR count). The van der Waals surface area contributed by atoms with Crippen molar-refractivity contribution in [3.05, 3.63) is 29.8 Å². The number of carbonyl (C=O) groups is 3. The van der Waals surface area contributed by atoms with Crippen molar-refractivity contribution in [2.24, 2.45) is 11.7 Å². The summed E-state index contributed by atoms with van der Waals surface area (Å²) in [5.41, 5.74) is 5.54. The van der Waals surface area contributed by atoms with Gasteiger partial charge in [0.1, 0.15) is 11.3 Å². The second-order valence-electron chi connectivity index (χ2n) is 5.36. The number of nitrogens with two attached hydrogens (primary N) is 1. The van der Waals surface area contributed by atoms with E-state index in [1.807, 2.05) is 0 Å². The van der Waals surface area contributed by atoms with Gasteiger partial charge in [-0.3, -0.25) is 9.59 Å². The van der Waals surface area contributed by atoms with Crippen LogP contribution in [0.2, 0.25) is 0 Å². The van der Waals surface area contributed by atoms with Crippen LogP contribution in [0, 0.1) is 5.92 Å². The number of esters is 1. The molecule has 1 saturated heterocycles. The molecule has 0 unspecified atom stereocenters. The number of likely N-dealkylation sites (tertiary alicyclic amines) is 1. The highest BCUT2D eigenvalue weighted by molar-refractivity contribution is 5.94. The molecule has 1 heterocycles. The van der Waals surface area contributed by atoms with Crippen molar-refractivity contribution in [3.8, 4) is 5.75 Å². The number of rotatable bonds is 5. The summed E-state index contributed by atoms with van der Waals surface area (Å²) >= 11 is 0. The van der Waals surface area contributed by atoms with Crippen LogP contribution in [0.4, 0.5) is 0 Å². The van der Waals surface area contributed by atoms with Crippen LogP contribution in [0.5, 0.6) is 5.75 Å². The number of primary amides is 1. The van der Waals surface area contributed by atoms with Gasteiger partial charge in [-0.2, -0.15) is 0 Å². The summed E-state index contributed by atoms with van der Waals surface area (Å²) in [6.07, 6.45) is 1.39. The van der Waals surface area contributed by atoms with Gasteiger partial charge in [-0.25, -0.2) is 4.79 Å². The highest BCUT2D eigenvalue weighted by Crippen LogP contribution is 2.19. The zero-order valence-electron chi connectivity index (χ0n) is 13.0. The van der Waals surface area contributed by atoms with Gasteiger partial charge in [-0.05, 0) is 25.0 Å². The van der Waals surface area contributed by atoms with Gasteiger partial charge in [0.25, 0.3) is 5.91 Å². The van der Waals surface area contributed by atoms with Crippen LogP contribution < -0.4 is 10.5 Å². The van der Waals surface area contributed by atoms with Crippen LogP contribution in [0.3, 0.4) is 0 Å². The zero-order valence-corrected chi connectivity index (χ0v) is 13.0. The van der Waals surface area contributed by atoms with Crippen molar-refractivity contribution in [1.29, 1.82) is 0 Å². The third kappa shape index (κ3) is 4.21. The lowest BCUT2D eigenvalue weighted by molar-refractivity contribution is -0.137. The molecule has 7 nitrogen and oxygen atoms in total. The summed E-state index contributed by atoms with van der Waals surface area (Å²) in [6.45, 7) is 0.442. The Morgan fingerprint density at radius 2 is 2.04 bits per heavy atom. The number of para-hydroxylation sites is 1. The molecule has 0 radical (unpaired) electrons. The predicted octanol–water partition coefficient (Wildman–Crippen LogP) is 0.576. The first kappa shape index (κ1) is 16.8. The molecule has 124 valence electrons. The van der Waals surface area contributed by atoms with Crippen LogP contribution in [-0.2, 0) is 14.3 Å². The summed E-state index contributed by atoms with van der Waals surface area (Å²) in [4.78, 5) is 36.9. The molecule has 2 N–H and O–H groups in total. The molecule has 1 aromatic carbocycles. The Hall–Kier alpha value is -2.57. The van der Waals surface area contributed by atoms with E-state index in [0.717, 1.165) is 0 Å². The van der Waals surface area contributed by atoms with Crippen molar-refractivity contribution in [2.45, 2.75) is 12.8 Å². The lowest BCUT2D eigenvalue weighted by Crippen LogP contribution is -2.45. The Morgan fingerprint density at radius 3 is 2.74 bits per heavy atom. The van der Waals surface area contributed by atoms with Gasteiger partial charge in [0.05, 0.1) is 13.0 Å². The molecule has 0 spiro atoms. The van der Waals surface area contributed by atoms with E-state index in [-0.39, 0.29) is 30.5 Å². The third-order valence-electron chi connectivity index (χ3n) is 3.83. The molecule has 0 aromatic heterocycles. The van der Waals surface area contributed by atoms with Crippen LogP contribution in [-0.4, -0.2) is 49.5 Å². The minimum atomic E-state index is -0.626. The quantitative estimate of drug-likeness (QED) is 0.800. The first-order valence-electron chi connectivity index (χ1n) is 7.40. The Labute approximate surface area is 134 Å². The summed E-state index contributed by atoms with van der Waals surface area (Å²) in [5.74, 6) is -1.32. The molecule has 0 aliphatic carbocycles. The first-order chi connectivity index (χ1) is 11.0. The predicted molar refractivity (Wildman–Crippen MR) is 81.8 cm³/mol. The summed E-state index contributed by atoms with van der Waals surface area (Å²) in [5, 5.41) is 0. The molecule has 1 atom stereocenters. The van der Waals surface area contributed by atoms with Gasteiger partial charge in [0, 0.05) is 13.1 Å². The van der Waals surface area contributed by atoms with Gasteiger partial charge in [0.2, 0.25) is 5.91 Å². The summed E-state index contributed by atoms with van der Waals surface area (Å²) in [6, 6.07) is 6.62. The van der Waals surface area contributed by atoms with E-state index in [2.05, 4.69) is 0 Å². The number of nitrogens with zero attached hydrogens (tertiary/aromatic N) is 1. The number of hydrogen-bond acceptors (Lipinski definition) is 5. The second-order valence-corrected chi connectivity index (χ2v) is 5.36. The van der Waals surface area contributed by atoms with Gasteiger partial charge in [0.15, 0.2) is 6.61 Å². The van der Waals surface area contributed by atoms with Crippen molar-refractivity contribution < 1.29 is 23.9 Å². The van der Waals surface area contributed by atoms with Crippen LogP contribution >= 0.6 is 0 Å². The molecule has 1 aliphatic rings. The van der Waals surface area contributed by atoms with Gasteiger partial charge >= 0.3 is 5.97 Å². The van der Waals surface area contributed by atoms with E-state index in [9.17, 15) is 14.4 Å². The molecule has 23 heavy (non-hydrogen) atoms. The normalized spacial score (nSPS) is 17.4. The third-order valence-corrected chi connectivity index (χ3v) is 3.83. The Bertz CT molecular complexity index is 602. The minimum absolute atomic E-state index is 0.261. The standard InChI is InChI=1S/C16H20N2O5/c1-22-13-7-3-2-6-12(13)16(21)23-10-14(19)18-8-4-5-11(9-18)15(17)20/h2-3,6-7,11H,4-5,8-10H2,1H3,(H2,17,20)/t11-/m1/s1. The van der Waals surface area contributed by atoms with E-state index in [1.165, 1.54) is 12.0 Å². The largest absolute Gasteiger partial charge is 0.496 e. The summed E-state index contributed by atoms with van der Waals surface area (Å²) < 4.78 is 10.1. The van der Waals surface area contributed by atoms with E-state index in [0.29, 0.717) is 25.1 Å². The summed E-state index contributed by atoms with van der Waals surface area (Å²) in [7, 11) is 1.45. The molecule has 1 aliphatic heterocycles. The average Bonchev–Trinajstić information content (AvgIpc) is 2.59. The number of piperidine rings is 1. The highest BCUT2D eigenvalue weighted by Gasteiger charge is 2.27. The van der Waals surface area contributed by atoms with Gasteiger partial charge < -0.3 is 20.1 Å². The number of amides is 2. The van der Waals surface area contributed by atoms with E-state index < -0.39 is 11.9 Å². The van der Waals surface area contributed by atoms with E-state index in [4.69, 9.17) is 15.2 Å². The first-order valence-corrected chi connectivity index (χ1v) is 7.40. The van der Waals surface area contributed by atoms with Crippen molar-refractivity contribution in [2.75, 3.05) is 26.8 Å². The molecule has 1 fully saturated rings. The monoisotopic (exact) mass is 320 g/mol. The molecule has 2 amide bonds. The number of methoxy groups -OCH3 is 1. The smallest absolute Gasteiger partial charge is 0.342 e. The molecule has 0 bridgehead atoms. The van der Waals surface area contributed by atoms with Crippen molar-refractivity contribution >= 4 is 17.8 Å². The molecule has 0 saturated carbocycles. The lowest BCUT2D eigenvalue weighted by atomic mass is 9.97. The molecular weight excluding hydrogens is 300 g/mol. The maximum Gasteiger partial charge on any atom is 0.342 e. The average molecular weight is 320 g/mol. The number of benzene rings is 1. The van der Waals surface area contributed by atoms with Crippen molar-refractivity contribution in [1.82, 2.24) is 4.90 Å². The molecule has 7 heteroatoms. The fourth-order valence-corrected chi connectivity index (χ4v) is 2.55. The SMILES string of the molecule is COc1ccccc1C(=O)OCC(=O)N1CCC[C@@H](C(N)=O)C1. The minimum Gasteiger partial charge on any atom is -0.496 e. The number of carbonyl (C=O) groups excluding carboxylic acids is 3. The van der Waals surface area contributed by atoms with Gasteiger partial charge in [-0.15, -0.1) is 0 Å². The van der Waals surface area contributed by atoms with Crippen molar-refractivity contribution in [3.63, 3.8) is 0 Å². The zero-order chi connectivity index (χ0) is 16.8. The van der Waals surface area contributed by atoms with Gasteiger partial charge in [-0.1, -0.05) is 12.1 Å². The number of ether oxygens (including phenoxy) is 2. The van der Waals surface area contributed by atoms with Crippen LogP contribution in [0.25, 0.3) is 0 Å². The maximum absolute atomic E-state index is 12.1. The molecular formula is C16H20N2O5. The van der Waals surface area contributed by atoms with Crippen LogP contribution in [0.1, 0.15) is 23.2 Å². The second kappa shape index (κ2) is 7.62. The van der Waals surface area contributed by atoms with E-state index in [1.54, 1.807) is 24.3 Å². The Kier molecular flexibility index (Phi) is 5.56. The number of hydrogen-bond donors (Lipinski definition) is 1.